The molecule has 1 atom stereocenters. The first-order valence-electron chi connectivity index (χ1n) is 5.87. The molecule has 0 bridgehead atoms. The van der Waals surface area contributed by atoms with Crippen molar-refractivity contribution in [3.8, 4) is 0 Å². The summed E-state index contributed by atoms with van der Waals surface area (Å²) in [5.41, 5.74) is 1.36. The SMILES string of the molecule is CCNC(c1cc(Br)c(C)s1)c1ccccc1I. The predicted octanol–water partition coefficient (Wildman–Crippen LogP) is 5.12. The highest BCUT2D eigenvalue weighted by Gasteiger charge is 2.18. The van der Waals surface area contributed by atoms with Crippen molar-refractivity contribution in [1.29, 1.82) is 0 Å². The molecule has 1 nitrogen and oxygen atoms in total. The Morgan fingerprint density at radius 1 is 1.39 bits per heavy atom. The van der Waals surface area contributed by atoms with Crippen molar-refractivity contribution < 1.29 is 0 Å². The summed E-state index contributed by atoms with van der Waals surface area (Å²) in [5, 5.41) is 3.58. The van der Waals surface area contributed by atoms with Gasteiger partial charge in [0.1, 0.15) is 0 Å². The lowest BCUT2D eigenvalue weighted by molar-refractivity contribution is 0.637. The fraction of sp³-hybridized carbons (Fsp3) is 0.286. The second-order valence-electron chi connectivity index (χ2n) is 4.07. The number of thiophene rings is 1. The Hall–Kier alpha value is 0.0900. The van der Waals surface area contributed by atoms with Gasteiger partial charge in [-0.3, -0.25) is 0 Å². The van der Waals surface area contributed by atoms with Crippen LogP contribution in [0, 0.1) is 10.5 Å². The minimum atomic E-state index is 0.290. The standard InChI is InChI=1S/C14H15BrINS/c1-3-17-14(10-6-4-5-7-12(10)16)13-8-11(15)9(2)18-13/h4-8,14,17H,3H2,1-2H3. The Morgan fingerprint density at radius 2 is 2.11 bits per heavy atom. The smallest absolute Gasteiger partial charge is 0.0681 e. The van der Waals surface area contributed by atoms with E-state index in [9.17, 15) is 0 Å². The molecular weight excluding hydrogens is 421 g/mol. The van der Waals surface area contributed by atoms with E-state index in [4.69, 9.17) is 0 Å². The largest absolute Gasteiger partial charge is 0.306 e. The van der Waals surface area contributed by atoms with Crippen LogP contribution in [-0.2, 0) is 0 Å². The van der Waals surface area contributed by atoms with Crippen molar-refractivity contribution >= 4 is 49.9 Å². The molecule has 96 valence electrons. The maximum absolute atomic E-state index is 3.61. The number of nitrogens with one attached hydrogen (secondary N) is 1. The van der Waals surface area contributed by atoms with Crippen LogP contribution in [0.15, 0.2) is 34.8 Å². The van der Waals surface area contributed by atoms with E-state index in [1.807, 2.05) is 11.3 Å². The average molecular weight is 436 g/mol. The number of aryl methyl sites for hydroxylation is 1. The molecule has 0 aliphatic carbocycles. The second-order valence-corrected chi connectivity index (χ2v) is 7.37. The first-order valence-corrected chi connectivity index (χ1v) is 8.56. The lowest BCUT2D eigenvalue weighted by atomic mass is 10.1. The van der Waals surface area contributed by atoms with E-state index in [0.717, 1.165) is 6.54 Å². The molecule has 0 aliphatic rings. The van der Waals surface area contributed by atoms with Gasteiger partial charge in [0.05, 0.1) is 6.04 Å². The molecule has 2 rings (SSSR count). The molecule has 0 fully saturated rings. The number of benzene rings is 1. The van der Waals surface area contributed by atoms with Gasteiger partial charge in [0, 0.05) is 17.8 Å². The van der Waals surface area contributed by atoms with Gasteiger partial charge in [0.15, 0.2) is 0 Å². The first kappa shape index (κ1) is 14.5. The lowest BCUT2D eigenvalue weighted by Gasteiger charge is -2.18. The number of rotatable bonds is 4. The Kier molecular flexibility index (Phi) is 5.24. The highest BCUT2D eigenvalue weighted by atomic mass is 127. The fourth-order valence-corrected chi connectivity index (χ4v) is 4.26. The van der Waals surface area contributed by atoms with Crippen LogP contribution in [0.2, 0.25) is 0 Å². The van der Waals surface area contributed by atoms with Gasteiger partial charge in [0.25, 0.3) is 0 Å². The maximum Gasteiger partial charge on any atom is 0.0681 e. The van der Waals surface area contributed by atoms with Gasteiger partial charge in [-0.25, -0.2) is 0 Å². The molecular formula is C14H15BrINS. The van der Waals surface area contributed by atoms with Crippen molar-refractivity contribution in [3.63, 3.8) is 0 Å². The van der Waals surface area contributed by atoms with Crippen LogP contribution in [0.1, 0.15) is 28.3 Å². The minimum Gasteiger partial charge on any atom is -0.306 e. The summed E-state index contributed by atoms with van der Waals surface area (Å²) in [7, 11) is 0. The molecule has 2 aromatic rings. The van der Waals surface area contributed by atoms with E-state index < -0.39 is 0 Å². The van der Waals surface area contributed by atoms with Gasteiger partial charge in [-0.1, -0.05) is 25.1 Å². The summed E-state index contributed by atoms with van der Waals surface area (Å²) < 4.78 is 2.51. The fourth-order valence-electron chi connectivity index (χ4n) is 1.90. The Morgan fingerprint density at radius 3 is 2.67 bits per heavy atom. The molecule has 1 heterocycles. The van der Waals surface area contributed by atoms with Crippen molar-refractivity contribution in [2.24, 2.45) is 0 Å². The summed E-state index contributed by atoms with van der Waals surface area (Å²) in [6.07, 6.45) is 0. The summed E-state index contributed by atoms with van der Waals surface area (Å²) in [5.74, 6) is 0. The first-order chi connectivity index (χ1) is 8.63. The second kappa shape index (κ2) is 6.50. The highest BCUT2D eigenvalue weighted by molar-refractivity contribution is 14.1. The summed E-state index contributed by atoms with van der Waals surface area (Å²) in [6.45, 7) is 5.26. The van der Waals surface area contributed by atoms with E-state index in [0.29, 0.717) is 0 Å². The third kappa shape index (κ3) is 3.15. The van der Waals surface area contributed by atoms with Crippen LogP contribution in [-0.4, -0.2) is 6.54 Å². The molecule has 0 amide bonds. The van der Waals surface area contributed by atoms with Gasteiger partial charge < -0.3 is 5.32 Å². The Labute approximate surface area is 134 Å². The molecule has 0 radical (unpaired) electrons. The zero-order valence-corrected chi connectivity index (χ0v) is 14.9. The molecule has 1 aromatic heterocycles. The maximum atomic E-state index is 3.61. The quantitative estimate of drug-likeness (QED) is 0.657. The highest BCUT2D eigenvalue weighted by Crippen LogP contribution is 2.35. The van der Waals surface area contributed by atoms with Crippen LogP contribution in [0.3, 0.4) is 0 Å². The van der Waals surface area contributed by atoms with Gasteiger partial charge in [0.2, 0.25) is 0 Å². The third-order valence-electron chi connectivity index (χ3n) is 2.79. The van der Waals surface area contributed by atoms with Crippen molar-refractivity contribution in [1.82, 2.24) is 5.32 Å². The normalized spacial score (nSPS) is 12.7. The third-order valence-corrected chi connectivity index (χ3v) is 5.97. The van der Waals surface area contributed by atoms with Gasteiger partial charge in [-0.05, 0) is 69.7 Å². The van der Waals surface area contributed by atoms with Crippen molar-refractivity contribution in [3.05, 3.63) is 53.7 Å². The zero-order valence-electron chi connectivity index (χ0n) is 10.3. The molecule has 1 unspecified atom stereocenters. The minimum absolute atomic E-state index is 0.290. The lowest BCUT2D eigenvalue weighted by Crippen LogP contribution is -2.21. The molecule has 1 N–H and O–H groups in total. The molecule has 0 aliphatic heterocycles. The van der Waals surface area contributed by atoms with Gasteiger partial charge in [-0.2, -0.15) is 0 Å². The summed E-state index contributed by atoms with van der Waals surface area (Å²) in [4.78, 5) is 2.70. The van der Waals surface area contributed by atoms with Gasteiger partial charge in [-0.15, -0.1) is 11.3 Å². The van der Waals surface area contributed by atoms with E-state index in [-0.39, 0.29) is 6.04 Å². The van der Waals surface area contributed by atoms with Crippen LogP contribution in [0.25, 0.3) is 0 Å². The van der Waals surface area contributed by atoms with Crippen molar-refractivity contribution in [2.75, 3.05) is 6.54 Å². The monoisotopic (exact) mass is 435 g/mol. The summed E-state index contributed by atoms with van der Waals surface area (Å²) >= 11 is 7.87. The number of hydrogen-bond donors (Lipinski definition) is 1. The van der Waals surface area contributed by atoms with E-state index in [1.54, 1.807) is 0 Å². The van der Waals surface area contributed by atoms with Crippen LogP contribution in [0.5, 0.6) is 0 Å². The average Bonchev–Trinajstić information content (AvgIpc) is 2.68. The van der Waals surface area contributed by atoms with E-state index >= 15 is 0 Å². The summed E-state index contributed by atoms with van der Waals surface area (Å²) in [6, 6.07) is 11.1. The van der Waals surface area contributed by atoms with Gasteiger partial charge >= 0.3 is 0 Å². The topological polar surface area (TPSA) is 12.0 Å². The molecule has 1 aromatic carbocycles. The van der Waals surface area contributed by atoms with Crippen molar-refractivity contribution in [2.45, 2.75) is 19.9 Å². The van der Waals surface area contributed by atoms with Crippen LogP contribution < -0.4 is 5.32 Å². The predicted molar refractivity (Wildman–Crippen MR) is 91.4 cm³/mol. The van der Waals surface area contributed by atoms with Crippen LogP contribution in [0.4, 0.5) is 0 Å². The Bertz CT molecular complexity index is 519. The Balaban J connectivity index is 2.43. The van der Waals surface area contributed by atoms with E-state index in [1.165, 1.54) is 23.4 Å². The van der Waals surface area contributed by atoms with E-state index in [2.05, 4.69) is 88.0 Å². The molecule has 0 saturated heterocycles. The molecule has 18 heavy (non-hydrogen) atoms. The molecule has 4 heteroatoms. The zero-order chi connectivity index (χ0) is 13.1. The number of halogens is 2. The van der Waals surface area contributed by atoms with Crippen LogP contribution >= 0.6 is 49.9 Å². The molecule has 0 saturated carbocycles. The number of hydrogen-bond acceptors (Lipinski definition) is 2. The molecule has 0 spiro atoms.